The molecule has 0 aliphatic rings. The number of carbonyl (C=O) groups excluding carboxylic acids is 1. The van der Waals surface area contributed by atoms with Crippen LogP contribution in [-0.4, -0.2) is 31.7 Å². The fraction of sp³-hybridized carbons (Fsp3) is 0.312. The third-order valence-corrected chi connectivity index (χ3v) is 7.05. The van der Waals surface area contributed by atoms with Crippen LogP contribution >= 0.6 is 11.3 Å². The Hall–Kier alpha value is -1.77. The number of hydrogen-bond donors (Lipinski definition) is 1. The van der Waals surface area contributed by atoms with E-state index in [4.69, 9.17) is 0 Å². The van der Waals surface area contributed by atoms with E-state index in [1.165, 1.54) is 22.5 Å². The molecular weight excluding hydrogens is 351 g/mol. The monoisotopic (exact) mass is 370 g/mol. The van der Waals surface area contributed by atoms with Crippen LogP contribution in [0.2, 0.25) is 0 Å². The van der Waals surface area contributed by atoms with E-state index >= 15 is 0 Å². The molecule has 0 aliphatic heterocycles. The summed E-state index contributed by atoms with van der Waals surface area (Å²) in [5.41, 5.74) is 0.225. The zero-order valence-electron chi connectivity index (χ0n) is 13.5. The molecule has 1 N–H and O–H groups in total. The van der Waals surface area contributed by atoms with Crippen molar-refractivity contribution < 1.29 is 17.6 Å². The summed E-state index contributed by atoms with van der Waals surface area (Å²) in [5, 5.41) is 2.66. The Morgan fingerprint density at radius 3 is 2.54 bits per heavy atom. The number of benzene rings is 1. The Labute approximate surface area is 145 Å². The van der Waals surface area contributed by atoms with Gasteiger partial charge in [0.1, 0.15) is 10.0 Å². The number of nitrogens with zero attached hydrogens (tertiary/aromatic N) is 1. The van der Waals surface area contributed by atoms with Crippen LogP contribution in [0.1, 0.15) is 29.1 Å². The van der Waals surface area contributed by atoms with Crippen molar-refractivity contribution in [2.45, 2.75) is 24.6 Å². The molecule has 8 heteroatoms. The molecule has 1 heterocycles. The average Bonchev–Trinajstić information content (AvgIpc) is 3.03. The molecule has 0 aliphatic carbocycles. The van der Waals surface area contributed by atoms with Crippen LogP contribution in [0.25, 0.3) is 0 Å². The lowest BCUT2D eigenvalue weighted by atomic mass is 10.2. The van der Waals surface area contributed by atoms with Crippen LogP contribution in [0.15, 0.2) is 40.6 Å². The van der Waals surface area contributed by atoms with Gasteiger partial charge in [-0.3, -0.25) is 4.79 Å². The lowest BCUT2D eigenvalue weighted by molar-refractivity contribution is 0.0951. The number of nitrogens with one attached hydrogen (secondary N) is 1. The maximum Gasteiger partial charge on any atom is 0.252 e. The van der Waals surface area contributed by atoms with E-state index in [1.807, 2.05) is 0 Å². The number of amides is 1. The molecule has 2 aromatic rings. The van der Waals surface area contributed by atoms with Gasteiger partial charge in [0.15, 0.2) is 0 Å². The first-order valence-corrected chi connectivity index (χ1v) is 9.76. The van der Waals surface area contributed by atoms with Crippen molar-refractivity contribution in [2.75, 3.05) is 13.1 Å². The Morgan fingerprint density at radius 2 is 1.92 bits per heavy atom. The van der Waals surface area contributed by atoms with Crippen LogP contribution in [0.4, 0.5) is 4.39 Å². The Kier molecular flexibility index (Phi) is 6.09. The first kappa shape index (κ1) is 18.6. The van der Waals surface area contributed by atoms with Crippen LogP contribution in [0, 0.1) is 5.82 Å². The SMILES string of the molecule is CCN(CC)S(=O)(=O)c1ccc(CNC(=O)c2cccc(F)c2)s1. The van der Waals surface area contributed by atoms with Crippen LogP contribution < -0.4 is 5.32 Å². The van der Waals surface area contributed by atoms with Crippen molar-refractivity contribution in [3.63, 3.8) is 0 Å². The van der Waals surface area contributed by atoms with Gasteiger partial charge in [-0.25, -0.2) is 12.8 Å². The van der Waals surface area contributed by atoms with Gasteiger partial charge in [-0.05, 0) is 30.3 Å². The quantitative estimate of drug-likeness (QED) is 0.815. The lowest BCUT2D eigenvalue weighted by Crippen LogP contribution is -2.30. The van der Waals surface area contributed by atoms with Gasteiger partial charge in [-0.15, -0.1) is 11.3 Å². The van der Waals surface area contributed by atoms with Crippen molar-refractivity contribution in [1.82, 2.24) is 9.62 Å². The highest BCUT2D eigenvalue weighted by Crippen LogP contribution is 2.24. The molecule has 1 amide bonds. The Bertz CT molecular complexity index is 814. The van der Waals surface area contributed by atoms with Gasteiger partial charge in [-0.1, -0.05) is 19.9 Å². The normalized spacial score (nSPS) is 11.7. The Balaban J connectivity index is 2.05. The zero-order valence-corrected chi connectivity index (χ0v) is 15.1. The second-order valence-corrected chi connectivity index (χ2v) is 8.34. The van der Waals surface area contributed by atoms with Gasteiger partial charge in [0.2, 0.25) is 0 Å². The van der Waals surface area contributed by atoms with E-state index in [1.54, 1.807) is 26.0 Å². The number of thiophene rings is 1. The van der Waals surface area contributed by atoms with E-state index in [0.717, 1.165) is 17.4 Å². The summed E-state index contributed by atoms with van der Waals surface area (Å²) in [7, 11) is -3.49. The number of rotatable bonds is 7. The summed E-state index contributed by atoms with van der Waals surface area (Å²) in [4.78, 5) is 12.7. The minimum atomic E-state index is -3.49. The fourth-order valence-corrected chi connectivity index (χ4v) is 5.09. The van der Waals surface area contributed by atoms with Gasteiger partial charge in [0.25, 0.3) is 15.9 Å². The topological polar surface area (TPSA) is 66.5 Å². The smallest absolute Gasteiger partial charge is 0.252 e. The summed E-state index contributed by atoms with van der Waals surface area (Å²) in [6, 6.07) is 8.61. The molecule has 0 saturated heterocycles. The molecule has 0 bridgehead atoms. The van der Waals surface area contributed by atoms with Crippen molar-refractivity contribution in [3.8, 4) is 0 Å². The molecule has 0 unspecified atom stereocenters. The summed E-state index contributed by atoms with van der Waals surface area (Å²) < 4.78 is 39.6. The largest absolute Gasteiger partial charge is 0.347 e. The highest BCUT2D eigenvalue weighted by molar-refractivity contribution is 7.91. The van der Waals surface area contributed by atoms with Crippen molar-refractivity contribution in [1.29, 1.82) is 0 Å². The van der Waals surface area contributed by atoms with Crippen LogP contribution in [-0.2, 0) is 16.6 Å². The molecule has 1 aromatic carbocycles. The fourth-order valence-electron chi connectivity index (χ4n) is 2.18. The summed E-state index contributed by atoms with van der Waals surface area (Å²) >= 11 is 1.12. The minimum Gasteiger partial charge on any atom is -0.347 e. The third kappa shape index (κ3) is 4.19. The second kappa shape index (κ2) is 7.87. The second-order valence-electron chi connectivity index (χ2n) is 5.00. The van der Waals surface area contributed by atoms with Crippen LogP contribution in [0.3, 0.4) is 0 Å². The van der Waals surface area contributed by atoms with Gasteiger partial charge in [0.05, 0.1) is 6.54 Å². The highest BCUT2D eigenvalue weighted by Gasteiger charge is 2.23. The van der Waals surface area contributed by atoms with E-state index in [2.05, 4.69) is 5.32 Å². The molecule has 0 spiro atoms. The Morgan fingerprint density at radius 1 is 1.21 bits per heavy atom. The molecule has 2 rings (SSSR count). The number of halogens is 1. The lowest BCUT2D eigenvalue weighted by Gasteiger charge is -2.16. The van der Waals surface area contributed by atoms with E-state index in [0.29, 0.717) is 18.0 Å². The highest BCUT2D eigenvalue weighted by atomic mass is 32.2. The van der Waals surface area contributed by atoms with Gasteiger partial charge < -0.3 is 5.32 Å². The summed E-state index contributed by atoms with van der Waals surface area (Å²) in [5.74, 6) is -0.887. The van der Waals surface area contributed by atoms with E-state index in [-0.39, 0.29) is 16.3 Å². The van der Waals surface area contributed by atoms with Gasteiger partial charge >= 0.3 is 0 Å². The average molecular weight is 370 g/mol. The minimum absolute atomic E-state index is 0.188. The maximum absolute atomic E-state index is 13.1. The van der Waals surface area contributed by atoms with E-state index in [9.17, 15) is 17.6 Å². The number of hydrogen-bond acceptors (Lipinski definition) is 4. The van der Waals surface area contributed by atoms with Crippen LogP contribution in [0.5, 0.6) is 0 Å². The predicted octanol–water partition coefficient (Wildman–Crippen LogP) is 2.85. The molecule has 0 radical (unpaired) electrons. The van der Waals surface area contributed by atoms with Gasteiger partial charge in [0, 0.05) is 23.5 Å². The zero-order chi connectivity index (χ0) is 17.7. The molecule has 5 nitrogen and oxygen atoms in total. The maximum atomic E-state index is 13.1. The van der Waals surface area contributed by atoms with E-state index < -0.39 is 21.7 Å². The molecule has 24 heavy (non-hydrogen) atoms. The number of sulfonamides is 1. The van der Waals surface area contributed by atoms with Crippen molar-refractivity contribution >= 4 is 27.3 Å². The first-order valence-electron chi connectivity index (χ1n) is 7.51. The molecule has 0 atom stereocenters. The predicted molar refractivity (Wildman–Crippen MR) is 92.0 cm³/mol. The summed E-state index contributed by atoms with van der Waals surface area (Å²) in [6.45, 7) is 4.57. The van der Waals surface area contributed by atoms with Crippen molar-refractivity contribution in [2.24, 2.45) is 0 Å². The molecule has 130 valence electrons. The molecule has 0 saturated carbocycles. The first-order chi connectivity index (χ1) is 11.4. The van der Waals surface area contributed by atoms with Crippen molar-refractivity contribution in [3.05, 3.63) is 52.7 Å². The molecular formula is C16H19FN2O3S2. The summed E-state index contributed by atoms with van der Waals surface area (Å²) in [6.07, 6.45) is 0. The standard InChI is InChI=1S/C16H19FN2O3S2/c1-3-19(4-2)24(21,22)15-9-8-14(23-15)11-18-16(20)12-6-5-7-13(17)10-12/h5-10H,3-4,11H2,1-2H3,(H,18,20). The molecule has 0 fully saturated rings. The molecule has 1 aromatic heterocycles. The van der Waals surface area contributed by atoms with Gasteiger partial charge in [-0.2, -0.15) is 4.31 Å². The third-order valence-electron chi connectivity index (χ3n) is 3.45. The number of carbonyl (C=O) groups is 1.